The molecule has 1 N–H and O–H groups in total. The minimum absolute atomic E-state index is 0.226. The van der Waals surface area contributed by atoms with Crippen molar-refractivity contribution >= 4 is 27.5 Å². The van der Waals surface area contributed by atoms with E-state index in [0.717, 1.165) is 22.1 Å². The molecular weight excluding hydrogens is 280 g/mol. The van der Waals surface area contributed by atoms with Crippen LogP contribution >= 0.6 is 15.9 Å². The first-order valence-electron chi connectivity index (χ1n) is 5.55. The summed E-state index contributed by atoms with van der Waals surface area (Å²) in [5.74, 6) is -0.797. The monoisotopic (exact) mass is 294 g/mol. The minimum atomic E-state index is -0.571. The smallest absolute Gasteiger partial charge is 0.241 e. The van der Waals surface area contributed by atoms with Gasteiger partial charge in [0.05, 0.1) is 6.07 Å². The number of nitrogens with zero attached hydrogens (tertiary/aromatic N) is 1. The Morgan fingerprint density at radius 2 is 2.29 bits per heavy atom. The van der Waals surface area contributed by atoms with E-state index in [9.17, 15) is 4.79 Å². The maximum Gasteiger partial charge on any atom is 0.241 e. The molecule has 0 heterocycles. The maximum atomic E-state index is 11.8. The largest absolute Gasteiger partial charge is 0.325 e. The molecule has 1 rings (SSSR count). The van der Waals surface area contributed by atoms with Crippen molar-refractivity contribution in [2.75, 3.05) is 5.32 Å². The van der Waals surface area contributed by atoms with Crippen molar-refractivity contribution in [1.82, 2.24) is 0 Å². The zero-order chi connectivity index (χ0) is 12.8. The van der Waals surface area contributed by atoms with Gasteiger partial charge in [-0.1, -0.05) is 35.3 Å². The minimum Gasteiger partial charge on any atom is -0.325 e. The van der Waals surface area contributed by atoms with Crippen molar-refractivity contribution in [3.63, 3.8) is 0 Å². The van der Waals surface area contributed by atoms with E-state index in [4.69, 9.17) is 5.26 Å². The average Bonchev–Trinajstić information content (AvgIpc) is 2.30. The summed E-state index contributed by atoms with van der Waals surface area (Å²) in [6.45, 7) is 3.88. The van der Waals surface area contributed by atoms with Crippen molar-refractivity contribution in [1.29, 1.82) is 5.26 Å². The van der Waals surface area contributed by atoms with Crippen LogP contribution < -0.4 is 5.32 Å². The molecule has 0 fully saturated rings. The molecule has 17 heavy (non-hydrogen) atoms. The Labute approximate surface area is 110 Å². The highest BCUT2D eigenvalue weighted by molar-refractivity contribution is 9.10. The summed E-state index contributed by atoms with van der Waals surface area (Å²) in [5, 5.41) is 11.7. The van der Waals surface area contributed by atoms with Crippen LogP contribution in [0.3, 0.4) is 0 Å². The van der Waals surface area contributed by atoms with Crippen LogP contribution in [0.5, 0.6) is 0 Å². The number of halogens is 1. The molecule has 1 atom stereocenters. The molecule has 0 bridgehead atoms. The SMILES string of the molecule is CCCC(C#N)C(=O)Nc1cc(Br)ccc1C. The van der Waals surface area contributed by atoms with Gasteiger partial charge in [0, 0.05) is 10.2 Å². The molecule has 1 aromatic rings. The Morgan fingerprint density at radius 3 is 2.88 bits per heavy atom. The van der Waals surface area contributed by atoms with Crippen LogP contribution in [0.25, 0.3) is 0 Å². The lowest BCUT2D eigenvalue weighted by atomic mass is 10.0. The number of nitrogens with one attached hydrogen (secondary N) is 1. The fourth-order valence-electron chi connectivity index (χ4n) is 1.49. The number of hydrogen-bond donors (Lipinski definition) is 1. The second kappa shape index (κ2) is 6.41. The molecule has 1 amide bonds. The standard InChI is InChI=1S/C13H15BrN2O/c1-3-4-10(8-15)13(17)16-12-7-11(14)6-5-9(12)2/h5-7,10H,3-4H2,1-2H3,(H,16,17). The summed E-state index contributed by atoms with van der Waals surface area (Å²) in [4.78, 5) is 11.8. The number of hydrogen-bond acceptors (Lipinski definition) is 2. The molecule has 4 heteroatoms. The van der Waals surface area contributed by atoms with Gasteiger partial charge in [0.2, 0.25) is 5.91 Å². The summed E-state index contributed by atoms with van der Waals surface area (Å²) in [6, 6.07) is 7.71. The number of benzene rings is 1. The third-order valence-electron chi connectivity index (χ3n) is 2.51. The van der Waals surface area contributed by atoms with Crippen molar-refractivity contribution < 1.29 is 4.79 Å². The number of aryl methyl sites for hydroxylation is 1. The lowest BCUT2D eigenvalue weighted by Crippen LogP contribution is -2.21. The van der Waals surface area contributed by atoms with E-state index in [1.54, 1.807) is 0 Å². The van der Waals surface area contributed by atoms with E-state index in [0.29, 0.717) is 6.42 Å². The maximum absolute atomic E-state index is 11.8. The predicted octanol–water partition coefficient (Wildman–Crippen LogP) is 3.64. The first kappa shape index (κ1) is 13.7. The van der Waals surface area contributed by atoms with Gasteiger partial charge in [-0.15, -0.1) is 0 Å². The highest BCUT2D eigenvalue weighted by Gasteiger charge is 2.17. The molecular formula is C13H15BrN2O. The van der Waals surface area contributed by atoms with Crippen LogP contribution in [0.15, 0.2) is 22.7 Å². The van der Waals surface area contributed by atoms with Gasteiger partial charge in [0.1, 0.15) is 5.92 Å². The van der Waals surface area contributed by atoms with E-state index < -0.39 is 5.92 Å². The van der Waals surface area contributed by atoms with Crippen molar-refractivity contribution in [2.24, 2.45) is 5.92 Å². The summed E-state index contributed by atoms with van der Waals surface area (Å²) in [7, 11) is 0. The number of carbonyl (C=O) groups excluding carboxylic acids is 1. The fraction of sp³-hybridized carbons (Fsp3) is 0.385. The highest BCUT2D eigenvalue weighted by atomic mass is 79.9. The summed E-state index contributed by atoms with van der Waals surface area (Å²) < 4.78 is 0.905. The third-order valence-corrected chi connectivity index (χ3v) is 3.00. The van der Waals surface area contributed by atoms with Gasteiger partial charge in [-0.25, -0.2) is 0 Å². The second-order valence-electron chi connectivity index (χ2n) is 3.92. The molecule has 0 saturated heterocycles. The molecule has 1 unspecified atom stereocenters. The lowest BCUT2D eigenvalue weighted by Gasteiger charge is -2.11. The molecule has 90 valence electrons. The molecule has 0 spiro atoms. The Balaban J connectivity index is 2.80. The molecule has 0 aromatic heterocycles. The van der Waals surface area contributed by atoms with Crippen molar-refractivity contribution in [3.8, 4) is 6.07 Å². The van der Waals surface area contributed by atoms with E-state index in [2.05, 4.69) is 21.2 Å². The molecule has 3 nitrogen and oxygen atoms in total. The van der Waals surface area contributed by atoms with Crippen molar-refractivity contribution in [3.05, 3.63) is 28.2 Å². The van der Waals surface area contributed by atoms with Crippen LogP contribution in [-0.4, -0.2) is 5.91 Å². The number of amides is 1. The van der Waals surface area contributed by atoms with Crippen LogP contribution in [-0.2, 0) is 4.79 Å². The Hall–Kier alpha value is -1.34. The summed E-state index contributed by atoms with van der Waals surface area (Å²) >= 11 is 3.35. The van der Waals surface area contributed by atoms with E-state index in [1.165, 1.54) is 0 Å². The van der Waals surface area contributed by atoms with Crippen LogP contribution in [0, 0.1) is 24.2 Å². The predicted molar refractivity (Wildman–Crippen MR) is 71.5 cm³/mol. The Kier molecular flexibility index (Phi) is 5.17. The first-order chi connectivity index (χ1) is 8.08. The molecule has 1 aromatic carbocycles. The van der Waals surface area contributed by atoms with Gasteiger partial charge in [0.25, 0.3) is 0 Å². The number of nitriles is 1. The van der Waals surface area contributed by atoms with Gasteiger partial charge >= 0.3 is 0 Å². The van der Waals surface area contributed by atoms with Crippen LogP contribution in [0.4, 0.5) is 5.69 Å². The van der Waals surface area contributed by atoms with Gasteiger partial charge in [0.15, 0.2) is 0 Å². The van der Waals surface area contributed by atoms with E-state index in [-0.39, 0.29) is 5.91 Å². The Morgan fingerprint density at radius 1 is 1.59 bits per heavy atom. The third kappa shape index (κ3) is 3.86. The molecule has 0 saturated carbocycles. The van der Waals surface area contributed by atoms with E-state index in [1.807, 2.05) is 38.1 Å². The van der Waals surface area contributed by atoms with Crippen LogP contribution in [0.1, 0.15) is 25.3 Å². The second-order valence-corrected chi connectivity index (χ2v) is 4.83. The molecule has 0 aliphatic carbocycles. The molecule has 0 aliphatic rings. The van der Waals surface area contributed by atoms with Gasteiger partial charge in [-0.05, 0) is 31.0 Å². The number of carbonyl (C=O) groups is 1. The zero-order valence-electron chi connectivity index (χ0n) is 9.96. The lowest BCUT2D eigenvalue weighted by molar-refractivity contribution is -0.118. The van der Waals surface area contributed by atoms with Gasteiger partial charge < -0.3 is 5.32 Å². The Bertz CT molecular complexity index is 451. The normalized spacial score (nSPS) is 11.6. The number of rotatable bonds is 4. The topological polar surface area (TPSA) is 52.9 Å². The van der Waals surface area contributed by atoms with Gasteiger partial charge in [-0.2, -0.15) is 5.26 Å². The average molecular weight is 295 g/mol. The fourth-order valence-corrected chi connectivity index (χ4v) is 1.85. The van der Waals surface area contributed by atoms with Gasteiger partial charge in [-0.3, -0.25) is 4.79 Å². The van der Waals surface area contributed by atoms with Crippen molar-refractivity contribution in [2.45, 2.75) is 26.7 Å². The quantitative estimate of drug-likeness (QED) is 0.922. The molecule has 0 aliphatic heterocycles. The first-order valence-corrected chi connectivity index (χ1v) is 6.34. The highest BCUT2D eigenvalue weighted by Crippen LogP contribution is 2.21. The summed E-state index contributed by atoms with van der Waals surface area (Å²) in [6.07, 6.45) is 1.42. The molecule has 0 radical (unpaired) electrons. The zero-order valence-corrected chi connectivity index (χ0v) is 11.5. The summed E-state index contributed by atoms with van der Waals surface area (Å²) in [5.41, 5.74) is 1.73. The van der Waals surface area contributed by atoms with E-state index >= 15 is 0 Å². The number of anilines is 1. The van der Waals surface area contributed by atoms with Crippen LogP contribution in [0.2, 0.25) is 0 Å².